The van der Waals surface area contributed by atoms with Crippen molar-refractivity contribution in [1.82, 2.24) is 15.5 Å². The lowest BCUT2D eigenvalue weighted by atomic mass is 10.1. The lowest BCUT2D eigenvalue weighted by molar-refractivity contribution is 0.225. The largest absolute Gasteiger partial charge is 0.355 e. The molecule has 1 heterocycles. The molecule has 2 aliphatic rings. The highest BCUT2D eigenvalue weighted by atomic mass is 32.2. The van der Waals surface area contributed by atoms with Crippen LogP contribution in [0.3, 0.4) is 0 Å². The van der Waals surface area contributed by atoms with Crippen molar-refractivity contribution in [2.45, 2.75) is 41.4 Å². The lowest BCUT2D eigenvalue weighted by Crippen LogP contribution is -2.49. The number of rotatable bonds is 7. The molecular formula is C20H30N4S. The molecule has 0 spiro atoms. The predicted molar refractivity (Wildman–Crippen MR) is 108 cm³/mol. The SMILES string of the molecule is C=CCN1CCC(NC(=NC)NCC2(Sc3ccccc3)CC2)CC1. The van der Waals surface area contributed by atoms with E-state index in [0.717, 1.165) is 32.1 Å². The van der Waals surface area contributed by atoms with E-state index in [0.29, 0.717) is 10.8 Å². The first kappa shape index (κ1) is 18.3. The number of thioether (sulfide) groups is 1. The Labute approximate surface area is 156 Å². The molecule has 0 unspecified atom stereocenters. The van der Waals surface area contributed by atoms with E-state index in [2.05, 4.69) is 57.4 Å². The third kappa shape index (κ3) is 5.51. The summed E-state index contributed by atoms with van der Waals surface area (Å²) in [5, 5.41) is 7.17. The van der Waals surface area contributed by atoms with Crippen LogP contribution in [0.4, 0.5) is 0 Å². The third-order valence-corrected chi connectivity index (χ3v) is 6.50. The van der Waals surface area contributed by atoms with Crippen LogP contribution in [-0.2, 0) is 0 Å². The van der Waals surface area contributed by atoms with Crippen LogP contribution >= 0.6 is 11.8 Å². The van der Waals surface area contributed by atoms with E-state index < -0.39 is 0 Å². The maximum Gasteiger partial charge on any atom is 0.191 e. The van der Waals surface area contributed by atoms with E-state index in [1.54, 1.807) is 0 Å². The van der Waals surface area contributed by atoms with Crippen LogP contribution in [0.5, 0.6) is 0 Å². The number of guanidine groups is 1. The Morgan fingerprint density at radius 3 is 2.64 bits per heavy atom. The van der Waals surface area contributed by atoms with Crippen molar-refractivity contribution < 1.29 is 0 Å². The van der Waals surface area contributed by atoms with Gasteiger partial charge in [-0.05, 0) is 37.8 Å². The monoisotopic (exact) mass is 358 g/mol. The van der Waals surface area contributed by atoms with Gasteiger partial charge >= 0.3 is 0 Å². The summed E-state index contributed by atoms with van der Waals surface area (Å²) in [5.74, 6) is 0.946. The third-order valence-electron chi connectivity index (χ3n) is 5.00. The number of nitrogens with zero attached hydrogens (tertiary/aromatic N) is 2. The van der Waals surface area contributed by atoms with Crippen LogP contribution in [-0.4, -0.2) is 54.9 Å². The highest BCUT2D eigenvalue weighted by Gasteiger charge is 2.43. The summed E-state index contributed by atoms with van der Waals surface area (Å²) in [4.78, 5) is 8.25. The van der Waals surface area contributed by atoms with Crippen molar-refractivity contribution in [3.8, 4) is 0 Å². The number of benzene rings is 1. The molecule has 0 bridgehead atoms. The second-order valence-electron chi connectivity index (χ2n) is 7.03. The molecule has 1 aliphatic heterocycles. The van der Waals surface area contributed by atoms with E-state index in [1.807, 2.05) is 24.9 Å². The van der Waals surface area contributed by atoms with Crippen LogP contribution in [0, 0.1) is 0 Å². The van der Waals surface area contributed by atoms with Gasteiger partial charge in [-0.2, -0.15) is 0 Å². The van der Waals surface area contributed by atoms with E-state index in [-0.39, 0.29) is 0 Å². The van der Waals surface area contributed by atoms with Crippen molar-refractivity contribution >= 4 is 17.7 Å². The summed E-state index contributed by atoms with van der Waals surface area (Å²) < 4.78 is 0.340. The average molecular weight is 359 g/mol. The number of hydrogen-bond acceptors (Lipinski definition) is 3. The zero-order valence-electron chi connectivity index (χ0n) is 15.2. The molecule has 2 fully saturated rings. The molecule has 0 aromatic heterocycles. The number of nitrogens with one attached hydrogen (secondary N) is 2. The Morgan fingerprint density at radius 2 is 2.04 bits per heavy atom. The molecule has 25 heavy (non-hydrogen) atoms. The van der Waals surface area contributed by atoms with Crippen LogP contribution in [0.25, 0.3) is 0 Å². The van der Waals surface area contributed by atoms with Gasteiger partial charge in [0.15, 0.2) is 5.96 Å². The number of piperidine rings is 1. The summed E-state index contributed by atoms with van der Waals surface area (Å²) in [6.07, 6.45) is 6.87. The molecule has 4 nitrogen and oxygen atoms in total. The smallest absolute Gasteiger partial charge is 0.191 e. The number of likely N-dealkylation sites (tertiary alicyclic amines) is 1. The Balaban J connectivity index is 1.43. The highest BCUT2D eigenvalue weighted by Crippen LogP contribution is 2.51. The normalized spacial score (nSPS) is 20.9. The summed E-state index contributed by atoms with van der Waals surface area (Å²) in [6.45, 7) is 8.07. The maximum atomic E-state index is 4.43. The van der Waals surface area contributed by atoms with Crippen molar-refractivity contribution in [2.24, 2.45) is 4.99 Å². The quantitative estimate of drug-likeness (QED) is 0.446. The Hall–Kier alpha value is -1.46. The highest BCUT2D eigenvalue weighted by molar-refractivity contribution is 8.01. The molecular weight excluding hydrogens is 328 g/mol. The fourth-order valence-corrected chi connectivity index (χ4v) is 4.51. The minimum absolute atomic E-state index is 0.340. The van der Waals surface area contributed by atoms with E-state index in [9.17, 15) is 0 Å². The second-order valence-corrected chi connectivity index (χ2v) is 8.57. The summed E-state index contributed by atoms with van der Waals surface area (Å²) in [5.41, 5.74) is 0. The van der Waals surface area contributed by atoms with Crippen LogP contribution < -0.4 is 10.6 Å². The summed E-state index contributed by atoms with van der Waals surface area (Å²) >= 11 is 2.00. The Bertz CT molecular complexity index is 575. The minimum Gasteiger partial charge on any atom is -0.355 e. The fourth-order valence-electron chi connectivity index (χ4n) is 3.27. The van der Waals surface area contributed by atoms with Crippen LogP contribution in [0.1, 0.15) is 25.7 Å². The average Bonchev–Trinajstić information content (AvgIpc) is 3.41. The first-order valence-corrected chi connectivity index (χ1v) is 10.1. The molecule has 1 aliphatic carbocycles. The molecule has 3 rings (SSSR count). The molecule has 0 radical (unpaired) electrons. The Morgan fingerprint density at radius 1 is 1.32 bits per heavy atom. The van der Waals surface area contributed by atoms with Gasteiger partial charge in [0.1, 0.15) is 0 Å². The van der Waals surface area contributed by atoms with Gasteiger partial charge in [0.25, 0.3) is 0 Å². The zero-order chi connectivity index (χ0) is 17.5. The van der Waals surface area contributed by atoms with Gasteiger partial charge in [0.05, 0.1) is 0 Å². The predicted octanol–water partition coefficient (Wildman–Crippen LogP) is 3.13. The first-order valence-electron chi connectivity index (χ1n) is 9.27. The van der Waals surface area contributed by atoms with Gasteiger partial charge < -0.3 is 10.6 Å². The van der Waals surface area contributed by atoms with Crippen molar-refractivity contribution in [2.75, 3.05) is 33.2 Å². The number of hydrogen-bond donors (Lipinski definition) is 2. The minimum atomic E-state index is 0.340. The molecule has 5 heteroatoms. The first-order chi connectivity index (χ1) is 12.2. The molecule has 1 saturated heterocycles. The summed E-state index contributed by atoms with van der Waals surface area (Å²) in [6, 6.07) is 11.2. The number of aliphatic imine (C=N–C) groups is 1. The van der Waals surface area contributed by atoms with Gasteiger partial charge in [-0.1, -0.05) is 24.3 Å². The molecule has 1 aromatic rings. The van der Waals surface area contributed by atoms with Gasteiger partial charge in [-0.25, -0.2) is 0 Å². The zero-order valence-corrected chi connectivity index (χ0v) is 16.0. The lowest BCUT2D eigenvalue weighted by Gasteiger charge is -2.32. The molecule has 0 amide bonds. The van der Waals surface area contributed by atoms with Gasteiger partial charge in [0, 0.05) is 48.9 Å². The van der Waals surface area contributed by atoms with Crippen LogP contribution in [0.15, 0.2) is 52.9 Å². The van der Waals surface area contributed by atoms with Gasteiger partial charge in [-0.15, -0.1) is 18.3 Å². The van der Waals surface area contributed by atoms with E-state index in [1.165, 1.54) is 30.6 Å². The standard InChI is InChI=1S/C20H30N4S/c1-3-13-24-14-9-17(10-15-24)23-19(21-2)22-16-20(11-12-20)25-18-7-5-4-6-8-18/h3-8,17H,1,9-16H2,2H3,(H2,21,22,23). The van der Waals surface area contributed by atoms with Gasteiger partial charge in [0.2, 0.25) is 0 Å². The van der Waals surface area contributed by atoms with Gasteiger partial charge in [-0.3, -0.25) is 9.89 Å². The second kappa shape index (κ2) is 8.77. The Kier molecular flexibility index (Phi) is 6.43. The molecule has 136 valence electrons. The van der Waals surface area contributed by atoms with Crippen LogP contribution in [0.2, 0.25) is 0 Å². The van der Waals surface area contributed by atoms with Crippen molar-refractivity contribution in [1.29, 1.82) is 0 Å². The molecule has 2 N–H and O–H groups in total. The maximum absolute atomic E-state index is 4.43. The van der Waals surface area contributed by atoms with Crippen molar-refractivity contribution in [3.63, 3.8) is 0 Å². The topological polar surface area (TPSA) is 39.7 Å². The van der Waals surface area contributed by atoms with E-state index >= 15 is 0 Å². The summed E-state index contributed by atoms with van der Waals surface area (Å²) in [7, 11) is 1.87. The fraction of sp³-hybridized carbons (Fsp3) is 0.550. The van der Waals surface area contributed by atoms with Crippen molar-refractivity contribution in [3.05, 3.63) is 43.0 Å². The molecule has 0 atom stereocenters. The van der Waals surface area contributed by atoms with E-state index in [4.69, 9.17) is 0 Å². The molecule has 1 saturated carbocycles. The molecule has 1 aromatic carbocycles.